The molecule has 2 atom stereocenters. The number of anilines is 1. The molecule has 20 heavy (non-hydrogen) atoms. The van der Waals surface area contributed by atoms with Gasteiger partial charge in [0.05, 0.1) is 0 Å². The highest BCUT2D eigenvalue weighted by Gasteiger charge is 2.25. The number of carbonyl (C=O) groups is 1. The molecule has 0 radical (unpaired) electrons. The molecule has 2 aliphatic rings. The number of nitrogens with one attached hydrogen (secondary N) is 1. The van der Waals surface area contributed by atoms with E-state index in [9.17, 15) is 9.90 Å². The molecule has 1 saturated carbocycles. The Morgan fingerprint density at radius 1 is 1.35 bits per heavy atom. The second-order valence-electron chi connectivity index (χ2n) is 6.26. The molecule has 0 aromatic carbocycles. The van der Waals surface area contributed by atoms with Gasteiger partial charge >= 0.3 is 5.97 Å². The van der Waals surface area contributed by atoms with Crippen LogP contribution in [0.4, 0.5) is 5.82 Å². The zero-order chi connectivity index (χ0) is 14.1. The summed E-state index contributed by atoms with van der Waals surface area (Å²) in [4.78, 5) is 16.1. The van der Waals surface area contributed by atoms with Crippen LogP contribution >= 0.6 is 0 Å². The van der Waals surface area contributed by atoms with Crippen LogP contribution < -0.4 is 5.32 Å². The minimum Gasteiger partial charge on any atom is -0.478 e. The molecule has 0 bridgehead atoms. The Bertz CT molecular complexity index is 527. The van der Waals surface area contributed by atoms with E-state index in [1.807, 2.05) is 6.07 Å². The molecule has 108 valence electrons. The lowest BCUT2D eigenvalue weighted by molar-refractivity contribution is 0.0697. The molecular weight excluding hydrogens is 252 g/mol. The van der Waals surface area contributed by atoms with E-state index in [-0.39, 0.29) is 0 Å². The molecule has 2 N–H and O–H groups in total. The summed E-state index contributed by atoms with van der Waals surface area (Å²) >= 11 is 0. The first kappa shape index (κ1) is 13.4. The van der Waals surface area contributed by atoms with Gasteiger partial charge in [-0.15, -0.1) is 0 Å². The SMILES string of the molecule is CC1CCC(Nc2nc3c(cc2C(=O)O)CCCC3)C1. The minimum absolute atomic E-state index is 0.338. The van der Waals surface area contributed by atoms with Crippen LogP contribution in [0.2, 0.25) is 0 Å². The molecule has 1 heterocycles. The highest BCUT2D eigenvalue weighted by molar-refractivity contribution is 5.93. The topological polar surface area (TPSA) is 62.2 Å². The Labute approximate surface area is 119 Å². The van der Waals surface area contributed by atoms with Crippen LogP contribution in [-0.2, 0) is 12.8 Å². The number of rotatable bonds is 3. The average Bonchev–Trinajstić information content (AvgIpc) is 2.83. The smallest absolute Gasteiger partial charge is 0.339 e. The summed E-state index contributed by atoms with van der Waals surface area (Å²) in [5.74, 6) is 0.426. The van der Waals surface area contributed by atoms with E-state index in [2.05, 4.69) is 17.2 Å². The summed E-state index contributed by atoms with van der Waals surface area (Å²) in [6.07, 6.45) is 7.67. The maximum atomic E-state index is 11.5. The zero-order valence-corrected chi connectivity index (χ0v) is 12.0. The number of aryl methyl sites for hydroxylation is 2. The zero-order valence-electron chi connectivity index (χ0n) is 12.0. The third kappa shape index (κ3) is 2.65. The number of aromatic carboxylic acids is 1. The maximum absolute atomic E-state index is 11.5. The van der Waals surface area contributed by atoms with Gasteiger partial charge in [0, 0.05) is 11.7 Å². The summed E-state index contributed by atoms with van der Waals surface area (Å²) < 4.78 is 0. The first-order valence-electron chi connectivity index (χ1n) is 7.66. The largest absolute Gasteiger partial charge is 0.478 e. The van der Waals surface area contributed by atoms with E-state index in [4.69, 9.17) is 0 Å². The molecule has 2 aliphatic carbocycles. The molecule has 4 nitrogen and oxygen atoms in total. The number of aromatic nitrogens is 1. The van der Waals surface area contributed by atoms with E-state index in [0.29, 0.717) is 17.4 Å². The van der Waals surface area contributed by atoms with Crippen molar-refractivity contribution in [3.8, 4) is 0 Å². The van der Waals surface area contributed by atoms with Gasteiger partial charge in [-0.3, -0.25) is 0 Å². The lowest BCUT2D eigenvalue weighted by atomic mass is 9.94. The van der Waals surface area contributed by atoms with Gasteiger partial charge in [0.1, 0.15) is 11.4 Å². The summed E-state index contributed by atoms with van der Waals surface area (Å²) in [5, 5.41) is 12.8. The first-order valence-corrected chi connectivity index (χ1v) is 7.66. The quantitative estimate of drug-likeness (QED) is 0.888. The van der Waals surface area contributed by atoms with E-state index < -0.39 is 5.97 Å². The van der Waals surface area contributed by atoms with E-state index in [1.165, 1.54) is 6.42 Å². The van der Waals surface area contributed by atoms with Crippen molar-refractivity contribution in [2.45, 2.75) is 57.9 Å². The summed E-state index contributed by atoms with van der Waals surface area (Å²) in [7, 11) is 0. The molecule has 0 saturated heterocycles. The van der Waals surface area contributed by atoms with Gasteiger partial charge in [0.15, 0.2) is 0 Å². The predicted octanol–water partition coefficient (Wildman–Crippen LogP) is 3.26. The van der Waals surface area contributed by atoms with Gasteiger partial charge in [-0.2, -0.15) is 0 Å². The molecule has 1 aromatic heterocycles. The number of carboxylic acid groups (broad SMARTS) is 1. The van der Waals surface area contributed by atoms with Gasteiger partial charge in [0.2, 0.25) is 0 Å². The third-order valence-electron chi connectivity index (χ3n) is 4.57. The van der Waals surface area contributed by atoms with Gasteiger partial charge in [0.25, 0.3) is 0 Å². The fourth-order valence-corrected chi connectivity index (χ4v) is 3.44. The second-order valence-corrected chi connectivity index (χ2v) is 6.26. The Kier molecular flexibility index (Phi) is 3.64. The third-order valence-corrected chi connectivity index (χ3v) is 4.57. The van der Waals surface area contributed by atoms with Crippen LogP contribution in [0.3, 0.4) is 0 Å². The summed E-state index contributed by atoms with van der Waals surface area (Å²) in [5.41, 5.74) is 2.55. The van der Waals surface area contributed by atoms with E-state index in [1.54, 1.807) is 0 Å². The summed E-state index contributed by atoms with van der Waals surface area (Å²) in [6, 6.07) is 2.21. The summed E-state index contributed by atoms with van der Waals surface area (Å²) in [6.45, 7) is 2.25. The lowest BCUT2D eigenvalue weighted by Crippen LogP contribution is -2.20. The molecule has 0 amide bonds. The monoisotopic (exact) mass is 274 g/mol. The number of nitrogens with zero attached hydrogens (tertiary/aromatic N) is 1. The number of hydrogen-bond donors (Lipinski definition) is 2. The molecule has 1 aromatic rings. The van der Waals surface area contributed by atoms with E-state index >= 15 is 0 Å². The van der Waals surface area contributed by atoms with Crippen molar-refractivity contribution in [2.24, 2.45) is 5.92 Å². The molecular formula is C16H22N2O2. The predicted molar refractivity (Wildman–Crippen MR) is 78.3 cm³/mol. The van der Waals surface area contributed by atoms with Crippen molar-refractivity contribution in [1.29, 1.82) is 0 Å². The molecule has 0 aliphatic heterocycles. The van der Waals surface area contributed by atoms with Crippen molar-refractivity contribution in [3.63, 3.8) is 0 Å². The molecule has 4 heteroatoms. The van der Waals surface area contributed by atoms with Crippen molar-refractivity contribution in [3.05, 3.63) is 22.9 Å². The standard InChI is InChI=1S/C16H22N2O2/c1-10-6-7-12(8-10)17-15-13(16(19)20)9-11-4-2-3-5-14(11)18-15/h9-10,12H,2-8H2,1H3,(H,17,18)(H,19,20). The fraction of sp³-hybridized carbons (Fsp3) is 0.625. The van der Waals surface area contributed by atoms with Crippen LogP contribution in [0, 0.1) is 5.92 Å². The van der Waals surface area contributed by atoms with Gasteiger partial charge in [-0.05, 0) is 62.5 Å². The van der Waals surface area contributed by atoms with E-state index in [0.717, 1.165) is 55.7 Å². The normalized spacial score (nSPS) is 25.2. The van der Waals surface area contributed by atoms with Crippen LogP contribution in [-0.4, -0.2) is 22.1 Å². The highest BCUT2D eigenvalue weighted by Crippen LogP contribution is 2.30. The number of carboxylic acids is 1. The highest BCUT2D eigenvalue weighted by atomic mass is 16.4. The van der Waals surface area contributed by atoms with Crippen LogP contribution in [0.1, 0.15) is 60.6 Å². The lowest BCUT2D eigenvalue weighted by Gasteiger charge is -2.20. The Balaban J connectivity index is 1.89. The first-order chi connectivity index (χ1) is 9.63. The van der Waals surface area contributed by atoms with Gasteiger partial charge < -0.3 is 10.4 Å². The van der Waals surface area contributed by atoms with Gasteiger partial charge in [-0.25, -0.2) is 9.78 Å². The molecule has 1 fully saturated rings. The number of pyridine rings is 1. The fourth-order valence-electron chi connectivity index (χ4n) is 3.44. The Hall–Kier alpha value is -1.58. The molecule has 0 spiro atoms. The Morgan fingerprint density at radius 2 is 2.15 bits per heavy atom. The van der Waals surface area contributed by atoms with Crippen LogP contribution in [0.25, 0.3) is 0 Å². The van der Waals surface area contributed by atoms with Crippen LogP contribution in [0.15, 0.2) is 6.07 Å². The van der Waals surface area contributed by atoms with Gasteiger partial charge in [-0.1, -0.05) is 6.92 Å². The molecule has 3 rings (SSSR count). The average molecular weight is 274 g/mol. The van der Waals surface area contributed by atoms with Crippen molar-refractivity contribution in [1.82, 2.24) is 4.98 Å². The van der Waals surface area contributed by atoms with Crippen molar-refractivity contribution in [2.75, 3.05) is 5.32 Å². The second kappa shape index (κ2) is 5.43. The van der Waals surface area contributed by atoms with Crippen molar-refractivity contribution < 1.29 is 9.90 Å². The van der Waals surface area contributed by atoms with Crippen LogP contribution in [0.5, 0.6) is 0 Å². The Morgan fingerprint density at radius 3 is 2.85 bits per heavy atom. The minimum atomic E-state index is -0.876. The molecule has 2 unspecified atom stereocenters. The van der Waals surface area contributed by atoms with Crippen molar-refractivity contribution >= 4 is 11.8 Å². The number of fused-ring (bicyclic) bond motifs is 1. The number of hydrogen-bond acceptors (Lipinski definition) is 3. The maximum Gasteiger partial charge on any atom is 0.339 e.